The standard InChI is InChI=1S/C19H23NO5S2/c1-10(2)16(18(22)23)20-17(21)15(27-19(20)26)9-12-6-7-13(25-11(3)4)14(8-12)24-5/h6-11,16H,1-5H3,(H,22,23)/p-1/b15-9+/t16-/m0/s1. The molecule has 0 N–H and O–H groups in total. The van der Waals surface area contributed by atoms with E-state index in [1.54, 1.807) is 45.2 Å². The molecule has 1 aromatic rings. The zero-order valence-electron chi connectivity index (χ0n) is 15.8. The lowest BCUT2D eigenvalue weighted by Crippen LogP contribution is -2.52. The quantitative estimate of drug-likeness (QED) is 0.506. The van der Waals surface area contributed by atoms with Crippen molar-refractivity contribution in [2.45, 2.75) is 39.8 Å². The summed E-state index contributed by atoms with van der Waals surface area (Å²) in [7, 11) is 1.54. The number of benzene rings is 1. The monoisotopic (exact) mass is 408 g/mol. The molecule has 0 radical (unpaired) electrons. The lowest BCUT2D eigenvalue weighted by atomic mass is 10.0. The molecule has 0 saturated carbocycles. The molecule has 1 aromatic carbocycles. The molecule has 1 saturated heterocycles. The van der Waals surface area contributed by atoms with Crippen molar-refractivity contribution in [3.8, 4) is 11.5 Å². The first-order valence-corrected chi connectivity index (χ1v) is 9.70. The predicted octanol–water partition coefficient (Wildman–Crippen LogP) is 2.46. The van der Waals surface area contributed by atoms with E-state index in [0.717, 1.165) is 22.2 Å². The Morgan fingerprint density at radius 1 is 1.26 bits per heavy atom. The van der Waals surface area contributed by atoms with Crippen LogP contribution in [0.4, 0.5) is 0 Å². The number of thiocarbonyl (C=S) groups is 1. The topological polar surface area (TPSA) is 78.9 Å². The first kappa shape index (κ1) is 21.2. The molecule has 8 heteroatoms. The van der Waals surface area contributed by atoms with Crippen LogP contribution in [0, 0.1) is 5.92 Å². The van der Waals surface area contributed by atoms with Gasteiger partial charge in [-0.05, 0) is 43.5 Å². The van der Waals surface area contributed by atoms with Crippen molar-refractivity contribution in [1.82, 2.24) is 4.90 Å². The average molecular weight is 409 g/mol. The number of hydrogen-bond donors (Lipinski definition) is 0. The number of carbonyl (C=O) groups is 2. The van der Waals surface area contributed by atoms with E-state index in [1.807, 2.05) is 13.8 Å². The number of carboxylic acid groups (broad SMARTS) is 1. The van der Waals surface area contributed by atoms with Gasteiger partial charge in [-0.1, -0.05) is 43.9 Å². The highest BCUT2D eigenvalue weighted by Crippen LogP contribution is 2.36. The van der Waals surface area contributed by atoms with Crippen LogP contribution in [0.2, 0.25) is 0 Å². The Morgan fingerprint density at radius 3 is 2.44 bits per heavy atom. The van der Waals surface area contributed by atoms with Crippen LogP contribution in [0.15, 0.2) is 23.1 Å². The first-order chi connectivity index (χ1) is 12.6. The Kier molecular flexibility index (Phi) is 6.89. The van der Waals surface area contributed by atoms with Gasteiger partial charge in [-0.25, -0.2) is 0 Å². The van der Waals surface area contributed by atoms with E-state index in [0.29, 0.717) is 16.4 Å². The van der Waals surface area contributed by atoms with Crippen molar-refractivity contribution < 1.29 is 24.2 Å². The molecule has 1 atom stereocenters. The minimum atomic E-state index is -1.32. The number of carbonyl (C=O) groups excluding carboxylic acids is 2. The minimum absolute atomic E-state index is 0.00130. The van der Waals surface area contributed by atoms with Gasteiger partial charge < -0.3 is 19.4 Å². The maximum atomic E-state index is 12.7. The van der Waals surface area contributed by atoms with E-state index >= 15 is 0 Å². The number of amides is 1. The fourth-order valence-corrected chi connectivity index (χ4v) is 4.00. The average Bonchev–Trinajstić information content (AvgIpc) is 2.83. The van der Waals surface area contributed by atoms with Crippen LogP contribution in [-0.4, -0.2) is 40.4 Å². The molecule has 2 rings (SSSR count). The van der Waals surface area contributed by atoms with Crippen molar-refractivity contribution in [1.29, 1.82) is 0 Å². The summed E-state index contributed by atoms with van der Waals surface area (Å²) >= 11 is 6.31. The molecular formula is C19H22NO5S2-. The van der Waals surface area contributed by atoms with Crippen molar-refractivity contribution >= 4 is 46.3 Å². The summed E-state index contributed by atoms with van der Waals surface area (Å²) in [6.45, 7) is 7.25. The van der Waals surface area contributed by atoms with Crippen molar-refractivity contribution in [2.24, 2.45) is 5.92 Å². The summed E-state index contributed by atoms with van der Waals surface area (Å²) < 4.78 is 11.2. The second-order valence-corrected chi connectivity index (χ2v) is 8.31. The fourth-order valence-electron chi connectivity index (χ4n) is 2.67. The molecule has 6 nitrogen and oxygen atoms in total. The zero-order valence-corrected chi connectivity index (χ0v) is 17.5. The van der Waals surface area contributed by atoms with Crippen LogP contribution in [0.3, 0.4) is 0 Å². The van der Waals surface area contributed by atoms with Crippen LogP contribution >= 0.6 is 24.0 Å². The maximum Gasteiger partial charge on any atom is 0.266 e. The lowest BCUT2D eigenvalue weighted by molar-refractivity contribution is -0.311. The fraction of sp³-hybridized carbons (Fsp3) is 0.421. The van der Waals surface area contributed by atoms with E-state index in [-0.39, 0.29) is 16.3 Å². The van der Waals surface area contributed by atoms with Crippen LogP contribution in [-0.2, 0) is 9.59 Å². The molecule has 0 unspecified atom stereocenters. The highest BCUT2D eigenvalue weighted by molar-refractivity contribution is 8.26. The highest BCUT2D eigenvalue weighted by atomic mass is 32.2. The van der Waals surface area contributed by atoms with Gasteiger partial charge in [0.05, 0.1) is 30.1 Å². The summed E-state index contributed by atoms with van der Waals surface area (Å²) in [4.78, 5) is 25.7. The molecule has 27 heavy (non-hydrogen) atoms. The Bertz CT molecular complexity index is 788. The maximum absolute atomic E-state index is 12.7. The van der Waals surface area contributed by atoms with Gasteiger partial charge in [-0.2, -0.15) is 0 Å². The Labute approximate surface area is 168 Å². The van der Waals surface area contributed by atoms with Crippen LogP contribution < -0.4 is 14.6 Å². The third-order valence-corrected chi connectivity index (χ3v) is 5.15. The normalized spacial score (nSPS) is 17.1. The number of ether oxygens (including phenoxy) is 2. The van der Waals surface area contributed by atoms with Crippen molar-refractivity contribution in [2.75, 3.05) is 7.11 Å². The van der Waals surface area contributed by atoms with E-state index in [1.165, 1.54) is 0 Å². The number of rotatable bonds is 7. The van der Waals surface area contributed by atoms with Gasteiger partial charge in [-0.3, -0.25) is 9.69 Å². The van der Waals surface area contributed by atoms with Crippen molar-refractivity contribution in [3.63, 3.8) is 0 Å². The Hall–Kier alpha value is -2.06. The molecule has 1 fully saturated rings. The highest BCUT2D eigenvalue weighted by Gasteiger charge is 2.39. The van der Waals surface area contributed by atoms with E-state index in [2.05, 4.69) is 0 Å². The predicted molar refractivity (Wildman–Crippen MR) is 107 cm³/mol. The minimum Gasteiger partial charge on any atom is -0.548 e. The second-order valence-electron chi connectivity index (χ2n) is 6.64. The molecule has 0 aromatic heterocycles. The molecule has 0 bridgehead atoms. The zero-order chi connectivity index (χ0) is 20.3. The first-order valence-electron chi connectivity index (χ1n) is 8.48. The van der Waals surface area contributed by atoms with E-state index in [9.17, 15) is 14.7 Å². The van der Waals surface area contributed by atoms with Gasteiger partial charge in [-0.15, -0.1) is 0 Å². The molecule has 1 aliphatic rings. The summed E-state index contributed by atoms with van der Waals surface area (Å²) in [5.74, 6) is -0.935. The Morgan fingerprint density at radius 2 is 1.93 bits per heavy atom. The number of carboxylic acids is 1. The number of methoxy groups -OCH3 is 1. The van der Waals surface area contributed by atoms with E-state index < -0.39 is 17.9 Å². The van der Waals surface area contributed by atoms with Gasteiger partial charge in [0.15, 0.2) is 11.5 Å². The molecular weight excluding hydrogens is 386 g/mol. The number of hydrogen-bond acceptors (Lipinski definition) is 7. The molecule has 0 aliphatic carbocycles. The summed E-state index contributed by atoms with van der Waals surface area (Å²) in [6.07, 6.45) is 1.66. The van der Waals surface area contributed by atoms with Gasteiger partial charge in [0.1, 0.15) is 4.32 Å². The SMILES string of the molecule is COc1cc(/C=C2/SC(=S)N([C@H](C(=O)[O-])C(C)C)C2=O)ccc1OC(C)C. The van der Waals surface area contributed by atoms with Gasteiger partial charge >= 0.3 is 0 Å². The third kappa shape index (κ3) is 4.81. The van der Waals surface area contributed by atoms with Gasteiger partial charge in [0.25, 0.3) is 5.91 Å². The molecule has 1 heterocycles. The van der Waals surface area contributed by atoms with Crippen molar-refractivity contribution in [3.05, 3.63) is 28.7 Å². The largest absolute Gasteiger partial charge is 0.548 e. The Balaban J connectivity index is 2.33. The third-order valence-electron chi connectivity index (χ3n) is 3.82. The lowest BCUT2D eigenvalue weighted by Gasteiger charge is -2.30. The van der Waals surface area contributed by atoms with Crippen LogP contribution in [0.1, 0.15) is 33.3 Å². The molecule has 1 aliphatic heterocycles. The van der Waals surface area contributed by atoms with E-state index in [4.69, 9.17) is 21.7 Å². The van der Waals surface area contributed by atoms with Crippen LogP contribution in [0.5, 0.6) is 11.5 Å². The number of aliphatic carboxylic acids is 1. The number of nitrogens with zero attached hydrogens (tertiary/aromatic N) is 1. The van der Waals surface area contributed by atoms with Crippen LogP contribution in [0.25, 0.3) is 6.08 Å². The molecule has 0 spiro atoms. The summed E-state index contributed by atoms with van der Waals surface area (Å²) in [6, 6.07) is 4.22. The smallest absolute Gasteiger partial charge is 0.266 e. The summed E-state index contributed by atoms with van der Waals surface area (Å²) in [5.41, 5.74) is 0.720. The summed E-state index contributed by atoms with van der Waals surface area (Å²) in [5, 5.41) is 11.5. The van der Waals surface area contributed by atoms with Gasteiger partial charge in [0, 0.05) is 0 Å². The molecule has 146 valence electrons. The number of thioether (sulfide) groups is 1. The molecule has 1 amide bonds. The second kappa shape index (κ2) is 8.75. The van der Waals surface area contributed by atoms with Gasteiger partial charge in [0.2, 0.25) is 0 Å².